The molecule has 4 nitrogen and oxygen atoms in total. The average molecular weight is 254 g/mol. The van der Waals surface area contributed by atoms with Crippen molar-refractivity contribution in [2.75, 3.05) is 13.1 Å². The highest BCUT2D eigenvalue weighted by molar-refractivity contribution is 5.79. The zero-order valence-corrected chi connectivity index (χ0v) is 11.6. The number of nitrogens with one attached hydrogen (secondary N) is 1. The van der Waals surface area contributed by atoms with Gasteiger partial charge in [0.15, 0.2) is 0 Å². The Morgan fingerprint density at radius 2 is 2.00 bits per heavy atom. The third-order valence-corrected chi connectivity index (χ3v) is 4.52. The Hall–Kier alpha value is -0.610. The van der Waals surface area contributed by atoms with Crippen LogP contribution in [0.1, 0.15) is 52.4 Å². The maximum Gasteiger partial charge on any atom is 0.323 e. The molecule has 0 aliphatic heterocycles. The topological polar surface area (TPSA) is 52.6 Å². The van der Waals surface area contributed by atoms with Crippen LogP contribution in [0.25, 0.3) is 0 Å². The normalized spacial score (nSPS) is 32.7. The number of aliphatic carboxylic acids is 1. The van der Waals surface area contributed by atoms with E-state index in [2.05, 4.69) is 24.1 Å². The van der Waals surface area contributed by atoms with Gasteiger partial charge in [-0.2, -0.15) is 0 Å². The van der Waals surface area contributed by atoms with Gasteiger partial charge >= 0.3 is 5.97 Å². The number of hydrogen-bond donors (Lipinski definition) is 2. The molecule has 18 heavy (non-hydrogen) atoms. The van der Waals surface area contributed by atoms with Gasteiger partial charge < -0.3 is 10.0 Å². The molecule has 0 saturated heterocycles. The van der Waals surface area contributed by atoms with Crippen LogP contribution in [-0.4, -0.2) is 46.7 Å². The van der Waals surface area contributed by atoms with Crippen molar-refractivity contribution < 1.29 is 9.90 Å². The van der Waals surface area contributed by atoms with Crippen molar-refractivity contribution in [2.24, 2.45) is 0 Å². The van der Waals surface area contributed by atoms with E-state index >= 15 is 0 Å². The Labute approximate surface area is 110 Å². The maximum absolute atomic E-state index is 11.7. The molecule has 0 radical (unpaired) electrons. The number of nitrogens with zero attached hydrogens (tertiary/aromatic N) is 1. The molecular weight excluding hydrogens is 228 g/mol. The Bertz CT molecular complexity index is 300. The molecule has 0 aromatic rings. The molecule has 4 heteroatoms. The van der Waals surface area contributed by atoms with E-state index in [0.717, 1.165) is 51.6 Å². The second kappa shape index (κ2) is 5.57. The molecule has 104 valence electrons. The van der Waals surface area contributed by atoms with Gasteiger partial charge in [0.25, 0.3) is 0 Å². The Kier molecular flexibility index (Phi) is 4.28. The highest BCUT2D eigenvalue weighted by Gasteiger charge is 2.46. The number of carbonyl (C=O) groups is 1. The number of carboxylic acid groups (broad SMARTS) is 1. The van der Waals surface area contributed by atoms with Crippen molar-refractivity contribution in [3.63, 3.8) is 0 Å². The van der Waals surface area contributed by atoms with E-state index in [4.69, 9.17) is 0 Å². The molecule has 0 aromatic carbocycles. The molecule has 0 amide bonds. The summed E-state index contributed by atoms with van der Waals surface area (Å²) in [5, 5.41) is 13.0. The Morgan fingerprint density at radius 3 is 2.50 bits per heavy atom. The highest BCUT2D eigenvalue weighted by Crippen LogP contribution is 2.35. The lowest BCUT2D eigenvalue weighted by atomic mass is 9.78. The molecule has 2 unspecified atom stereocenters. The van der Waals surface area contributed by atoms with Crippen molar-refractivity contribution in [1.29, 1.82) is 0 Å². The van der Waals surface area contributed by atoms with Gasteiger partial charge in [-0.25, -0.2) is 0 Å². The summed E-state index contributed by atoms with van der Waals surface area (Å²) >= 11 is 0. The van der Waals surface area contributed by atoms with E-state index in [1.807, 2.05) is 0 Å². The quantitative estimate of drug-likeness (QED) is 0.759. The molecule has 0 aromatic heterocycles. The first kappa shape index (κ1) is 13.8. The molecule has 2 aliphatic carbocycles. The summed E-state index contributed by atoms with van der Waals surface area (Å²) < 4.78 is 0. The second-order valence-electron chi connectivity index (χ2n) is 5.78. The maximum atomic E-state index is 11.7. The van der Waals surface area contributed by atoms with Crippen LogP contribution in [0.4, 0.5) is 0 Å². The summed E-state index contributed by atoms with van der Waals surface area (Å²) in [7, 11) is 0. The van der Waals surface area contributed by atoms with Crippen LogP contribution in [0.3, 0.4) is 0 Å². The molecule has 0 spiro atoms. The first-order valence-electron chi connectivity index (χ1n) is 7.36. The van der Waals surface area contributed by atoms with Crippen LogP contribution in [-0.2, 0) is 4.79 Å². The minimum Gasteiger partial charge on any atom is -0.480 e. The third kappa shape index (κ3) is 2.86. The lowest BCUT2D eigenvalue weighted by Gasteiger charge is -2.42. The summed E-state index contributed by atoms with van der Waals surface area (Å²) in [6.07, 6.45) is 6.00. The number of rotatable bonds is 6. The summed E-state index contributed by atoms with van der Waals surface area (Å²) in [6.45, 7) is 6.35. The van der Waals surface area contributed by atoms with Crippen molar-refractivity contribution >= 4 is 5.97 Å². The van der Waals surface area contributed by atoms with E-state index in [1.165, 1.54) is 0 Å². The zero-order chi connectivity index (χ0) is 13.2. The molecular formula is C14H26N2O2. The molecule has 2 atom stereocenters. The fourth-order valence-corrected chi connectivity index (χ4v) is 3.30. The smallest absolute Gasteiger partial charge is 0.323 e. The predicted molar refractivity (Wildman–Crippen MR) is 71.7 cm³/mol. The first-order chi connectivity index (χ1) is 8.61. The Balaban J connectivity index is 2.07. The fourth-order valence-electron chi connectivity index (χ4n) is 3.30. The van der Waals surface area contributed by atoms with Crippen LogP contribution in [0.2, 0.25) is 0 Å². The molecule has 2 fully saturated rings. The van der Waals surface area contributed by atoms with Crippen LogP contribution in [0.15, 0.2) is 0 Å². The minimum absolute atomic E-state index is 0.427. The van der Waals surface area contributed by atoms with E-state index < -0.39 is 11.5 Å². The lowest BCUT2D eigenvalue weighted by molar-refractivity contribution is -0.147. The van der Waals surface area contributed by atoms with Crippen molar-refractivity contribution in [2.45, 2.75) is 70.0 Å². The summed E-state index contributed by atoms with van der Waals surface area (Å²) in [5.74, 6) is -0.647. The van der Waals surface area contributed by atoms with Gasteiger partial charge in [-0.1, -0.05) is 13.8 Å². The van der Waals surface area contributed by atoms with Crippen LogP contribution in [0, 0.1) is 0 Å². The third-order valence-electron chi connectivity index (χ3n) is 4.52. The van der Waals surface area contributed by atoms with Gasteiger partial charge in [-0.15, -0.1) is 0 Å². The van der Waals surface area contributed by atoms with Crippen molar-refractivity contribution in [3.8, 4) is 0 Å². The van der Waals surface area contributed by atoms with Gasteiger partial charge in [0.1, 0.15) is 5.54 Å². The molecule has 0 bridgehead atoms. The second-order valence-corrected chi connectivity index (χ2v) is 5.78. The highest BCUT2D eigenvalue weighted by atomic mass is 16.4. The molecule has 2 saturated carbocycles. The summed E-state index contributed by atoms with van der Waals surface area (Å²) in [4.78, 5) is 14.1. The van der Waals surface area contributed by atoms with Gasteiger partial charge in [0.2, 0.25) is 0 Å². The Morgan fingerprint density at radius 1 is 1.33 bits per heavy atom. The number of hydrogen-bond acceptors (Lipinski definition) is 3. The predicted octanol–water partition coefficient (Wildman–Crippen LogP) is 1.85. The van der Waals surface area contributed by atoms with Gasteiger partial charge in [-0.3, -0.25) is 10.1 Å². The van der Waals surface area contributed by atoms with Crippen LogP contribution >= 0.6 is 0 Å². The van der Waals surface area contributed by atoms with E-state index in [1.54, 1.807) is 0 Å². The molecule has 0 heterocycles. The minimum atomic E-state index is -0.660. The number of carboxylic acids is 1. The summed E-state index contributed by atoms with van der Waals surface area (Å²) in [6, 6.07) is 0.882. The van der Waals surface area contributed by atoms with Crippen LogP contribution in [0.5, 0.6) is 0 Å². The van der Waals surface area contributed by atoms with E-state index in [0.29, 0.717) is 12.1 Å². The van der Waals surface area contributed by atoms with Gasteiger partial charge in [0, 0.05) is 12.1 Å². The molecule has 2 aliphatic rings. The van der Waals surface area contributed by atoms with E-state index in [-0.39, 0.29) is 0 Å². The van der Waals surface area contributed by atoms with Crippen LogP contribution < -0.4 is 5.32 Å². The SMILES string of the molecule is CCN(CC)C1CCCC(NC2CC2)(C(=O)O)C1. The molecule has 2 rings (SSSR count). The van der Waals surface area contributed by atoms with Crippen molar-refractivity contribution in [1.82, 2.24) is 10.2 Å². The van der Waals surface area contributed by atoms with Gasteiger partial charge in [0.05, 0.1) is 0 Å². The standard InChI is InChI=1S/C14H26N2O2/c1-3-16(4-2)12-6-5-9-14(10-12,13(17)18)15-11-7-8-11/h11-12,15H,3-10H2,1-2H3,(H,17,18). The zero-order valence-electron chi connectivity index (χ0n) is 11.6. The van der Waals surface area contributed by atoms with E-state index in [9.17, 15) is 9.90 Å². The first-order valence-corrected chi connectivity index (χ1v) is 7.36. The van der Waals surface area contributed by atoms with Crippen molar-refractivity contribution in [3.05, 3.63) is 0 Å². The monoisotopic (exact) mass is 254 g/mol. The largest absolute Gasteiger partial charge is 0.480 e. The average Bonchev–Trinajstić information content (AvgIpc) is 3.15. The summed E-state index contributed by atoms with van der Waals surface area (Å²) in [5.41, 5.74) is -0.660. The fraction of sp³-hybridized carbons (Fsp3) is 0.929. The lowest BCUT2D eigenvalue weighted by Crippen LogP contribution is -2.59. The molecule has 2 N–H and O–H groups in total. The van der Waals surface area contributed by atoms with Gasteiger partial charge in [-0.05, 0) is 51.6 Å².